The smallest absolute Gasteiger partial charge is 0.124 e. The predicted molar refractivity (Wildman–Crippen MR) is 152 cm³/mol. The van der Waals surface area contributed by atoms with Crippen molar-refractivity contribution in [3.63, 3.8) is 0 Å². The van der Waals surface area contributed by atoms with E-state index in [0.717, 1.165) is 4.60 Å². The Morgan fingerprint density at radius 2 is 1.48 bits per heavy atom. The molecule has 0 radical (unpaired) electrons. The number of nitrogen functional groups attached to an aromatic ring is 1. The monoisotopic (exact) mass is 1060 g/mol. The molecule has 27 heavy (non-hydrogen) atoms. The third-order valence-electron chi connectivity index (χ3n) is 2.37. The molecule has 0 fully saturated rings. The standard InChI is InChI=1S/C10H13BrN2O.C5H5BrN2.I3.I2/c1-10(2,3)9(14)13-8-6-4-5-7(11)12-8;6-4-2-1-3-5(7)8-4;1-3-2;1-2/h4-6H,1-3H3,(H,12,13,14);1-3H,(H2,7,8);;/q;;-1;. The Balaban J connectivity index is 0. The van der Waals surface area contributed by atoms with Gasteiger partial charge in [-0.3, -0.25) is 4.79 Å². The van der Waals surface area contributed by atoms with Gasteiger partial charge in [0, 0.05) is 42.6 Å². The topological polar surface area (TPSA) is 80.9 Å². The third-order valence-corrected chi connectivity index (χ3v) is 3.26. The molecule has 0 aliphatic heterocycles. The summed E-state index contributed by atoms with van der Waals surface area (Å²) in [5.41, 5.74) is 4.92. The number of hydrogen-bond donors (Lipinski definition) is 2. The van der Waals surface area contributed by atoms with Gasteiger partial charge in [-0.2, -0.15) is 0 Å². The van der Waals surface area contributed by atoms with Crippen molar-refractivity contribution in [2.75, 3.05) is 11.1 Å². The van der Waals surface area contributed by atoms with Crippen LogP contribution in [0.2, 0.25) is 0 Å². The molecule has 0 saturated carbocycles. The number of nitrogens with zero attached hydrogens (tertiary/aromatic N) is 2. The van der Waals surface area contributed by atoms with Gasteiger partial charge in [-0.15, -0.1) is 0 Å². The van der Waals surface area contributed by atoms with E-state index < -0.39 is 5.41 Å². The average Bonchev–Trinajstić information content (AvgIpc) is 2.57. The van der Waals surface area contributed by atoms with Gasteiger partial charge >= 0.3 is 50.5 Å². The molecular weight excluding hydrogens is 1050 g/mol. The first kappa shape index (κ1) is 31.4. The number of amides is 1. The summed E-state index contributed by atoms with van der Waals surface area (Å²) in [6.07, 6.45) is 0. The van der Waals surface area contributed by atoms with E-state index in [1.54, 1.807) is 12.1 Å². The van der Waals surface area contributed by atoms with Gasteiger partial charge in [0.25, 0.3) is 0 Å². The van der Waals surface area contributed by atoms with Crippen molar-refractivity contribution in [3.05, 3.63) is 45.6 Å². The maximum Gasteiger partial charge on any atom is 0.124 e. The summed E-state index contributed by atoms with van der Waals surface area (Å²) >= 11 is 16.0. The van der Waals surface area contributed by atoms with Crippen LogP contribution in [-0.2, 0) is 4.79 Å². The number of carbonyl (C=O) groups is 1. The minimum atomic E-state index is -0.399. The van der Waals surface area contributed by atoms with Crippen molar-refractivity contribution in [1.82, 2.24) is 9.97 Å². The van der Waals surface area contributed by atoms with Crippen LogP contribution in [-0.4, -0.2) is 15.9 Å². The summed E-state index contributed by atoms with van der Waals surface area (Å²) < 4.78 is 1.49. The first-order chi connectivity index (χ1) is 12.6. The fraction of sp³-hybridized carbons (Fsp3) is 0.267. The summed E-state index contributed by atoms with van der Waals surface area (Å²) in [6, 6.07) is 10.8. The van der Waals surface area contributed by atoms with E-state index in [0.29, 0.717) is 29.5 Å². The minimum Gasteiger partial charge on any atom is -0.384 e. The molecule has 2 aromatic rings. The number of nitrogens with one attached hydrogen (secondary N) is 1. The molecule has 154 valence electrons. The average molecular weight is 1060 g/mol. The molecule has 12 heteroatoms. The summed E-state index contributed by atoms with van der Waals surface area (Å²) in [5.74, 6) is 1.07. The molecule has 2 aromatic heterocycles. The molecule has 0 unspecified atom stereocenters. The molecule has 0 saturated heterocycles. The second kappa shape index (κ2) is 18.9. The zero-order valence-corrected chi connectivity index (χ0v) is 28.4. The van der Waals surface area contributed by atoms with E-state index in [-0.39, 0.29) is 5.91 Å². The van der Waals surface area contributed by atoms with Crippen molar-refractivity contribution >= 4 is 124 Å². The molecule has 0 aliphatic carbocycles. The second-order valence-corrected chi connectivity index (χ2v) is 23.4. The van der Waals surface area contributed by atoms with E-state index in [1.807, 2.05) is 45.0 Å². The van der Waals surface area contributed by atoms with E-state index in [1.165, 1.54) is 0 Å². The first-order valence-corrected chi connectivity index (χ1v) is 27.4. The minimum absolute atomic E-state index is 0.0388. The molecule has 1 amide bonds. The summed E-state index contributed by atoms with van der Waals surface area (Å²) in [5, 5.41) is 2.74. The number of nitrogens with two attached hydrogens (primary N) is 1. The largest absolute Gasteiger partial charge is 0.384 e. The van der Waals surface area contributed by atoms with Crippen molar-refractivity contribution in [2.24, 2.45) is 5.41 Å². The second-order valence-electron chi connectivity index (χ2n) is 5.49. The number of pyridine rings is 2. The Bertz CT molecular complexity index is 657. The molecule has 2 rings (SSSR count). The van der Waals surface area contributed by atoms with Crippen LogP contribution in [0.5, 0.6) is 0 Å². The summed E-state index contributed by atoms with van der Waals surface area (Å²) in [6.45, 7) is 5.58. The molecule has 0 aliphatic rings. The number of anilines is 2. The Kier molecular flexibility index (Phi) is 22.0. The normalized spacial score (nSPS) is 9.52. The van der Waals surface area contributed by atoms with Crippen LogP contribution in [0.25, 0.3) is 0 Å². The zero-order valence-electron chi connectivity index (χ0n) is 14.5. The summed E-state index contributed by atoms with van der Waals surface area (Å²) in [4.78, 5) is 19.6. The molecule has 0 aromatic carbocycles. The van der Waals surface area contributed by atoms with Gasteiger partial charge in [-0.25, -0.2) is 9.97 Å². The Labute approximate surface area is 230 Å². The molecule has 0 atom stereocenters. The van der Waals surface area contributed by atoms with E-state index in [2.05, 4.69) is 122 Å². The molecule has 2 heterocycles. The maximum absolute atomic E-state index is 11.6. The quantitative estimate of drug-likeness (QED) is 0.318. The Hall–Kier alpha value is 2.18. The molecule has 5 nitrogen and oxygen atoms in total. The molecule has 3 N–H and O–H groups in total. The number of rotatable bonds is 1. The SMILES string of the molecule is CC(C)(C)C(=O)Nc1cccc(Br)n1.II.I[I-]I.Nc1cccc(Br)n1. The van der Waals surface area contributed by atoms with Crippen LogP contribution in [0.1, 0.15) is 20.8 Å². The van der Waals surface area contributed by atoms with Crippen LogP contribution < -0.4 is 24.3 Å². The van der Waals surface area contributed by atoms with E-state index in [4.69, 9.17) is 5.73 Å². The van der Waals surface area contributed by atoms with Gasteiger partial charge in [0.2, 0.25) is 5.91 Å². The predicted octanol–water partition coefficient (Wildman–Crippen LogP) is 4.80. The molecular formula is C15H18Br2I5N4O-. The third kappa shape index (κ3) is 18.7. The van der Waals surface area contributed by atoms with Crippen LogP contribution >= 0.6 is 106 Å². The molecule has 0 spiro atoms. The van der Waals surface area contributed by atoms with Gasteiger partial charge in [0.1, 0.15) is 20.8 Å². The fourth-order valence-electron chi connectivity index (χ4n) is 1.21. The maximum atomic E-state index is 11.6. The van der Waals surface area contributed by atoms with Gasteiger partial charge in [0.15, 0.2) is 0 Å². The van der Waals surface area contributed by atoms with E-state index in [9.17, 15) is 4.79 Å². The van der Waals surface area contributed by atoms with Crippen molar-refractivity contribution < 1.29 is 18.0 Å². The van der Waals surface area contributed by atoms with Gasteiger partial charge in [0.05, 0.1) is 0 Å². The number of aromatic nitrogens is 2. The zero-order chi connectivity index (χ0) is 21.5. The number of halogens is 7. The van der Waals surface area contributed by atoms with Crippen LogP contribution in [0.15, 0.2) is 45.6 Å². The first-order valence-electron chi connectivity index (χ1n) is 6.93. The van der Waals surface area contributed by atoms with Crippen molar-refractivity contribution in [2.45, 2.75) is 20.8 Å². The van der Waals surface area contributed by atoms with Crippen LogP contribution in [0.4, 0.5) is 11.6 Å². The van der Waals surface area contributed by atoms with Gasteiger partial charge in [-0.1, -0.05) is 32.9 Å². The van der Waals surface area contributed by atoms with Crippen LogP contribution in [0.3, 0.4) is 0 Å². The fourth-order valence-corrected chi connectivity index (χ4v) is 1.91. The van der Waals surface area contributed by atoms with Gasteiger partial charge < -0.3 is 11.1 Å². The summed E-state index contributed by atoms with van der Waals surface area (Å²) in [7, 11) is 0. The van der Waals surface area contributed by atoms with E-state index >= 15 is 0 Å². The Morgan fingerprint density at radius 1 is 1.04 bits per heavy atom. The number of hydrogen-bond acceptors (Lipinski definition) is 4. The Morgan fingerprint density at radius 3 is 1.81 bits per heavy atom. The molecule has 0 bridgehead atoms. The van der Waals surface area contributed by atoms with Gasteiger partial charge in [-0.05, 0) is 56.1 Å². The van der Waals surface area contributed by atoms with Crippen LogP contribution in [0, 0.1) is 5.41 Å². The number of carbonyl (C=O) groups excluding carboxylic acids is 1. The van der Waals surface area contributed by atoms with Crippen molar-refractivity contribution in [3.8, 4) is 0 Å². The van der Waals surface area contributed by atoms with Crippen molar-refractivity contribution in [1.29, 1.82) is 0 Å².